The first-order valence-corrected chi connectivity index (χ1v) is 8.50. The van der Waals surface area contributed by atoms with E-state index in [1.54, 1.807) is 36.5 Å². The molecule has 0 saturated carbocycles. The third-order valence-electron chi connectivity index (χ3n) is 4.09. The molecule has 3 rings (SSSR count). The summed E-state index contributed by atoms with van der Waals surface area (Å²) in [6.45, 7) is 5.27. The van der Waals surface area contributed by atoms with Crippen molar-refractivity contribution in [3.8, 4) is 11.4 Å². The molecule has 1 aromatic carbocycles. The molecule has 0 aliphatic heterocycles. The van der Waals surface area contributed by atoms with Gasteiger partial charge in [0, 0.05) is 48.7 Å². The minimum Gasteiger partial charge on any atom is -0.370 e. The van der Waals surface area contributed by atoms with E-state index in [0.29, 0.717) is 17.9 Å². The number of hydrogen-bond donors (Lipinski definition) is 2. The van der Waals surface area contributed by atoms with Crippen LogP contribution in [0.1, 0.15) is 28.5 Å². The number of H-pyrrole nitrogens is 1. The van der Waals surface area contributed by atoms with E-state index in [0.717, 1.165) is 29.2 Å². The highest BCUT2D eigenvalue weighted by atomic mass is 16.2. The summed E-state index contributed by atoms with van der Waals surface area (Å²) in [4.78, 5) is 23.1. The fourth-order valence-electron chi connectivity index (χ4n) is 2.62. The van der Waals surface area contributed by atoms with Crippen molar-refractivity contribution >= 4 is 11.7 Å². The maximum absolute atomic E-state index is 12.6. The summed E-state index contributed by atoms with van der Waals surface area (Å²) < 4.78 is 0. The van der Waals surface area contributed by atoms with Crippen molar-refractivity contribution < 1.29 is 4.79 Å². The van der Waals surface area contributed by atoms with Crippen molar-refractivity contribution in [1.29, 1.82) is 0 Å². The molecule has 3 aromatic rings. The summed E-state index contributed by atoms with van der Waals surface area (Å²) in [7, 11) is 1.78. The van der Waals surface area contributed by atoms with Crippen LogP contribution in [0, 0.1) is 6.92 Å². The highest BCUT2D eigenvalue weighted by Gasteiger charge is 2.14. The number of aromatic nitrogens is 4. The van der Waals surface area contributed by atoms with E-state index in [2.05, 4.69) is 25.5 Å². The molecule has 0 aliphatic carbocycles. The Morgan fingerprint density at radius 1 is 1.23 bits per heavy atom. The Bertz CT molecular complexity index is 887. The summed E-state index contributed by atoms with van der Waals surface area (Å²) >= 11 is 0. The molecule has 0 unspecified atom stereocenters. The molecule has 0 bridgehead atoms. The second-order valence-corrected chi connectivity index (χ2v) is 6.05. The van der Waals surface area contributed by atoms with Crippen molar-refractivity contribution in [2.45, 2.75) is 20.4 Å². The fourth-order valence-corrected chi connectivity index (χ4v) is 2.62. The first kappa shape index (κ1) is 17.6. The highest BCUT2D eigenvalue weighted by molar-refractivity contribution is 5.94. The minimum atomic E-state index is -0.0422. The van der Waals surface area contributed by atoms with E-state index in [-0.39, 0.29) is 5.91 Å². The molecule has 0 atom stereocenters. The van der Waals surface area contributed by atoms with Crippen molar-refractivity contribution in [3.05, 3.63) is 59.5 Å². The number of rotatable bonds is 6. The van der Waals surface area contributed by atoms with E-state index in [1.165, 1.54) is 0 Å². The third kappa shape index (κ3) is 3.88. The number of aromatic amines is 1. The summed E-state index contributed by atoms with van der Waals surface area (Å²) in [5.41, 5.74) is 3.47. The second-order valence-electron chi connectivity index (χ2n) is 6.05. The quantitative estimate of drug-likeness (QED) is 0.714. The zero-order chi connectivity index (χ0) is 18.5. The van der Waals surface area contributed by atoms with Crippen molar-refractivity contribution in [2.24, 2.45) is 0 Å². The van der Waals surface area contributed by atoms with Gasteiger partial charge < -0.3 is 10.2 Å². The van der Waals surface area contributed by atoms with Crippen molar-refractivity contribution in [3.63, 3.8) is 0 Å². The Morgan fingerprint density at radius 3 is 2.65 bits per heavy atom. The van der Waals surface area contributed by atoms with E-state index < -0.39 is 0 Å². The first-order valence-electron chi connectivity index (χ1n) is 8.50. The summed E-state index contributed by atoms with van der Waals surface area (Å²) in [5, 5.41) is 10.0. The Morgan fingerprint density at radius 2 is 2.00 bits per heavy atom. The molecule has 2 N–H and O–H groups in total. The van der Waals surface area contributed by atoms with Crippen LogP contribution in [-0.2, 0) is 6.54 Å². The number of amides is 1. The molecule has 1 amide bonds. The molecular weight excluding hydrogens is 328 g/mol. The number of hydrogen-bond acceptors (Lipinski definition) is 5. The van der Waals surface area contributed by atoms with Gasteiger partial charge in [0.25, 0.3) is 5.91 Å². The van der Waals surface area contributed by atoms with Crippen molar-refractivity contribution in [1.82, 2.24) is 25.1 Å². The number of carbonyl (C=O) groups excluding carboxylic acids is 1. The lowest BCUT2D eigenvalue weighted by molar-refractivity contribution is 0.0785. The van der Waals surface area contributed by atoms with Gasteiger partial charge in [0.2, 0.25) is 0 Å². The van der Waals surface area contributed by atoms with Gasteiger partial charge >= 0.3 is 0 Å². The second kappa shape index (κ2) is 7.77. The monoisotopic (exact) mass is 350 g/mol. The maximum Gasteiger partial charge on any atom is 0.253 e. The Kier molecular flexibility index (Phi) is 5.26. The molecule has 0 radical (unpaired) electrons. The molecule has 26 heavy (non-hydrogen) atoms. The predicted octanol–water partition coefficient (Wildman–Crippen LogP) is 2.88. The van der Waals surface area contributed by atoms with Gasteiger partial charge in [-0.25, -0.2) is 9.97 Å². The highest BCUT2D eigenvalue weighted by Crippen LogP contribution is 2.18. The van der Waals surface area contributed by atoms with Gasteiger partial charge in [-0.05, 0) is 32.0 Å². The van der Waals surface area contributed by atoms with Gasteiger partial charge in [0.1, 0.15) is 5.82 Å². The smallest absolute Gasteiger partial charge is 0.253 e. The maximum atomic E-state index is 12.6. The van der Waals surface area contributed by atoms with Gasteiger partial charge in [-0.1, -0.05) is 12.1 Å². The minimum absolute atomic E-state index is 0.0422. The SMILES string of the molecule is CCNc1ccnc(-c2ccc(C(=O)N(C)Cc3cn[nH]c3C)cc2)n1. The zero-order valence-corrected chi connectivity index (χ0v) is 15.2. The molecular formula is C19H22N6O. The van der Waals surface area contributed by atoms with Gasteiger partial charge in [0.05, 0.1) is 6.20 Å². The lowest BCUT2D eigenvalue weighted by Gasteiger charge is -2.17. The van der Waals surface area contributed by atoms with Crippen molar-refractivity contribution in [2.75, 3.05) is 18.9 Å². The first-order chi connectivity index (χ1) is 12.6. The average molecular weight is 350 g/mol. The predicted molar refractivity (Wildman–Crippen MR) is 101 cm³/mol. The fraction of sp³-hybridized carbons (Fsp3) is 0.263. The summed E-state index contributed by atoms with van der Waals surface area (Å²) in [5.74, 6) is 1.37. The molecule has 7 heteroatoms. The van der Waals surface area contributed by atoms with Crippen LogP contribution in [0.15, 0.2) is 42.7 Å². The lowest BCUT2D eigenvalue weighted by Crippen LogP contribution is -2.26. The van der Waals surface area contributed by atoms with Gasteiger partial charge in [-0.15, -0.1) is 0 Å². The lowest BCUT2D eigenvalue weighted by atomic mass is 10.1. The van der Waals surface area contributed by atoms with Gasteiger partial charge in [-0.2, -0.15) is 5.10 Å². The van der Waals surface area contributed by atoms with E-state index >= 15 is 0 Å². The van der Waals surface area contributed by atoms with Crippen LogP contribution in [0.3, 0.4) is 0 Å². The topological polar surface area (TPSA) is 86.8 Å². The summed E-state index contributed by atoms with van der Waals surface area (Å²) in [6.07, 6.45) is 3.47. The molecule has 2 aromatic heterocycles. The molecule has 2 heterocycles. The third-order valence-corrected chi connectivity index (χ3v) is 4.09. The van der Waals surface area contributed by atoms with Crippen LogP contribution in [-0.4, -0.2) is 44.6 Å². The average Bonchev–Trinajstić information content (AvgIpc) is 3.06. The van der Waals surface area contributed by atoms with Crippen LogP contribution in [0.2, 0.25) is 0 Å². The number of anilines is 1. The van der Waals surface area contributed by atoms with Crippen LogP contribution in [0.4, 0.5) is 5.82 Å². The van der Waals surface area contributed by atoms with Gasteiger partial charge in [0.15, 0.2) is 5.82 Å². The molecule has 0 fully saturated rings. The van der Waals surface area contributed by atoms with E-state index in [1.807, 2.05) is 32.0 Å². The van der Waals surface area contributed by atoms with Gasteiger partial charge in [-0.3, -0.25) is 9.89 Å². The van der Waals surface area contributed by atoms with Crippen LogP contribution in [0.5, 0.6) is 0 Å². The number of benzene rings is 1. The number of nitrogens with zero attached hydrogens (tertiary/aromatic N) is 4. The Labute approximate surface area is 152 Å². The van der Waals surface area contributed by atoms with E-state index in [9.17, 15) is 4.79 Å². The normalized spacial score (nSPS) is 10.6. The molecule has 0 saturated heterocycles. The number of carbonyl (C=O) groups is 1. The Hall–Kier alpha value is -3.22. The molecule has 0 spiro atoms. The number of nitrogens with one attached hydrogen (secondary N) is 2. The van der Waals surface area contributed by atoms with Crippen LogP contribution >= 0.6 is 0 Å². The molecule has 7 nitrogen and oxygen atoms in total. The standard InChI is InChI=1S/C19H22N6O/c1-4-20-17-9-10-21-18(23-17)14-5-7-15(8-6-14)19(26)25(3)12-16-11-22-24-13(16)2/h5-11H,4,12H2,1-3H3,(H,22,24)(H,20,21,23). The zero-order valence-electron chi connectivity index (χ0n) is 15.2. The molecule has 0 aliphatic rings. The Balaban J connectivity index is 1.73. The number of aryl methyl sites for hydroxylation is 1. The largest absolute Gasteiger partial charge is 0.370 e. The molecule has 134 valence electrons. The van der Waals surface area contributed by atoms with Crippen LogP contribution in [0.25, 0.3) is 11.4 Å². The van der Waals surface area contributed by atoms with Crippen LogP contribution < -0.4 is 5.32 Å². The van der Waals surface area contributed by atoms with E-state index in [4.69, 9.17) is 0 Å². The summed E-state index contributed by atoms with van der Waals surface area (Å²) in [6, 6.07) is 9.18.